The van der Waals surface area contributed by atoms with Gasteiger partial charge in [-0.3, -0.25) is 9.59 Å². The van der Waals surface area contributed by atoms with Crippen LogP contribution >= 0.6 is 11.8 Å². The molecule has 1 unspecified atom stereocenters. The number of hydrogen-bond acceptors (Lipinski definition) is 3. The van der Waals surface area contributed by atoms with Crippen LogP contribution in [0.15, 0.2) is 59.5 Å². The van der Waals surface area contributed by atoms with Gasteiger partial charge in [-0.25, -0.2) is 0 Å². The molecule has 0 saturated carbocycles. The Hall–Kier alpha value is -2.31. The molecule has 2 aromatic carbocycles. The Morgan fingerprint density at radius 1 is 1.07 bits per heavy atom. The van der Waals surface area contributed by atoms with E-state index < -0.39 is 0 Å². The molecule has 0 fully saturated rings. The van der Waals surface area contributed by atoms with Gasteiger partial charge in [-0.15, -0.1) is 11.8 Å². The van der Waals surface area contributed by atoms with E-state index in [-0.39, 0.29) is 30.9 Å². The average molecular weight is 387 g/mol. The lowest BCUT2D eigenvalue weighted by molar-refractivity contribution is -0.862. The highest BCUT2D eigenvalue weighted by Gasteiger charge is 2.21. The van der Waals surface area contributed by atoms with Gasteiger partial charge in [0.1, 0.15) is 0 Å². The fourth-order valence-electron chi connectivity index (χ4n) is 2.83. The maximum atomic E-state index is 12.6. The minimum absolute atomic E-state index is 0.00576. The quantitative estimate of drug-likeness (QED) is 0.683. The lowest BCUT2D eigenvalue weighted by Crippen LogP contribution is -3.11. The molecule has 2 atom stereocenters. The van der Waals surface area contributed by atoms with Gasteiger partial charge in [0.05, 0.1) is 18.8 Å². The van der Waals surface area contributed by atoms with Gasteiger partial charge in [-0.2, -0.15) is 0 Å². The maximum absolute atomic E-state index is 12.6. The molecule has 27 heavy (non-hydrogen) atoms. The minimum atomic E-state index is -0.0967. The van der Waals surface area contributed by atoms with Gasteiger partial charge in [-0.05, 0) is 30.9 Å². The van der Waals surface area contributed by atoms with Crippen molar-refractivity contribution in [2.75, 3.05) is 38.8 Å². The summed E-state index contributed by atoms with van der Waals surface area (Å²) in [5.74, 6) is -0.0817. The van der Waals surface area contributed by atoms with E-state index in [2.05, 4.69) is 5.32 Å². The summed E-state index contributed by atoms with van der Waals surface area (Å²) in [6.07, 6.45) is 1.98. The van der Waals surface area contributed by atoms with Crippen LogP contribution in [0.4, 0.5) is 5.69 Å². The lowest BCUT2D eigenvalue weighted by Gasteiger charge is -2.26. The van der Waals surface area contributed by atoms with Crippen molar-refractivity contribution in [1.29, 1.82) is 0 Å². The van der Waals surface area contributed by atoms with E-state index in [0.717, 1.165) is 21.0 Å². The topological polar surface area (TPSA) is 53.9 Å². The highest BCUT2D eigenvalue weighted by atomic mass is 32.2. The molecule has 0 aromatic heterocycles. The Balaban J connectivity index is 1.87. The van der Waals surface area contributed by atoms with Crippen LogP contribution in [-0.4, -0.2) is 50.2 Å². The summed E-state index contributed by atoms with van der Waals surface area (Å²) < 4.78 is 0. The van der Waals surface area contributed by atoms with Gasteiger partial charge >= 0.3 is 0 Å². The zero-order valence-corrected chi connectivity index (χ0v) is 17.2. The third-order valence-electron chi connectivity index (χ3n) is 4.55. The molecule has 2 N–H and O–H groups in total. The molecule has 2 rings (SSSR count). The third-order valence-corrected chi connectivity index (χ3v) is 5.35. The van der Waals surface area contributed by atoms with Crippen LogP contribution in [0.1, 0.15) is 18.5 Å². The van der Waals surface area contributed by atoms with Crippen molar-refractivity contribution in [3.05, 3.63) is 60.2 Å². The molecule has 5 nitrogen and oxygen atoms in total. The molecule has 0 radical (unpaired) electrons. The summed E-state index contributed by atoms with van der Waals surface area (Å²) in [4.78, 5) is 28.5. The van der Waals surface area contributed by atoms with Gasteiger partial charge in [0.2, 0.25) is 0 Å². The zero-order chi connectivity index (χ0) is 19.8. The number of benzene rings is 2. The van der Waals surface area contributed by atoms with Crippen LogP contribution in [-0.2, 0) is 9.59 Å². The second kappa shape index (κ2) is 10.1. The van der Waals surface area contributed by atoms with Gasteiger partial charge in [0.15, 0.2) is 13.1 Å². The Kier molecular flexibility index (Phi) is 7.88. The lowest BCUT2D eigenvalue weighted by atomic mass is 10.1. The summed E-state index contributed by atoms with van der Waals surface area (Å²) in [7, 11) is 3.67. The summed E-state index contributed by atoms with van der Waals surface area (Å²) in [5, 5.41) is 2.94. The molecule has 0 spiro atoms. The van der Waals surface area contributed by atoms with Crippen LogP contribution in [0.5, 0.6) is 0 Å². The minimum Gasteiger partial charge on any atom is -0.334 e. The van der Waals surface area contributed by atoms with Crippen molar-refractivity contribution in [1.82, 2.24) is 4.90 Å². The van der Waals surface area contributed by atoms with Crippen LogP contribution in [0, 0.1) is 0 Å². The average Bonchev–Trinajstić information content (AvgIpc) is 2.67. The van der Waals surface area contributed by atoms with Crippen molar-refractivity contribution in [2.45, 2.75) is 17.9 Å². The van der Waals surface area contributed by atoms with E-state index in [1.807, 2.05) is 81.9 Å². The molecule has 2 aromatic rings. The van der Waals surface area contributed by atoms with Crippen molar-refractivity contribution >= 4 is 29.3 Å². The van der Waals surface area contributed by atoms with E-state index in [1.165, 1.54) is 0 Å². The third kappa shape index (κ3) is 6.12. The summed E-state index contributed by atoms with van der Waals surface area (Å²) >= 11 is 1.59. The molecule has 0 heterocycles. The molecule has 0 aliphatic rings. The predicted octanol–water partition coefficient (Wildman–Crippen LogP) is 2.08. The second-order valence-corrected chi connectivity index (χ2v) is 7.50. The van der Waals surface area contributed by atoms with E-state index >= 15 is 0 Å². The summed E-state index contributed by atoms with van der Waals surface area (Å²) in [5.41, 5.74) is 1.90. The van der Waals surface area contributed by atoms with Crippen LogP contribution < -0.4 is 10.2 Å². The van der Waals surface area contributed by atoms with E-state index in [0.29, 0.717) is 0 Å². The molecule has 0 aliphatic carbocycles. The molecule has 0 bridgehead atoms. The van der Waals surface area contributed by atoms with Crippen molar-refractivity contribution in [2.24, 2.45) is 0 Å². The van der Waals surface area contributed by atoms with Crippen molar-refractivity contribution < 1.29 is 14.5 Å². The Bertz CT molecular complexity index is 767. The Labute approximate surface area is 165 Å². The van der Waals surface area contributed by atoms with Gasteiger partial charge in [0.25, 0.3) is 11.8 Å². The van der Waals surface area contributed by atoms with E-state index in [4.69, 9.17) is 0 Å². The predicted molar refractivity (Wildman–Crippen MR) is 111 cm³/mol. The number of thioether (sulfide) groups is 1. The standard InChI is InChI=1S/C21H27N3O2S/c1-16(17-10-6-5-7-11-17)24(3)21(26)15-23(2)14-20(25)22-18-12-8-9-13-19(18)27-4/h5-13,16H,14-15H2,1-4H3,(H,22,25)/p+1/t16-/m1/s1. The number of carbonyl (C=O) groups excluding carboxylic acids is 2. The summed E-state index contributed by atoms with van der Waals surface area (Å²) in [6, 6.07) is 17.6. The van der Waals surface area contributed by atoms with Gasteiger partial charge in [0, 0.05) is 11.9 Å². The van der Waals surface area contributed by atoms with Crippen LogP contribution in [0.2, 0.25) is 0 Å². The number of amides is 2. The Morgan fingerprint density at radius 3 is 2.37 bits per heavy atom. The number of nitrogens with zero attached hydrogens (tertiary/aromatic N) is 1. The van der Waals surface area contributed by atoms with E-state index in [1.54, 1.807) is 16.7 Å². The first kappa shape index (κ1) is 21.0. The normalized spacial score (nSPS) is 12.9. The first-order valence-corrected chi connectivity index (χ1v) is 10.2. The van der Waals surface area contributed by atoms with Gasteiger partial charge in [-0.1, -0.05) is 42.5 Å². The highest BCUT2D eigenvalue weighted by molar-refractivity contribution is 7.98. The molecular formula is C21H28N3O2S+. The SMILES string of the molecule is CSc1ccccc1NC(=O)C[NH+](C)CC(=O)N(C)[C@H](C)c1ccccc1. The maximum Gasteiger partial charge on any atom is 0.279 e. The Morgan fingerprint density at radius 2 is 1.70 bits per heavy atom. The first-order valence-electron chi connectivity index (χ1n) is 8.97. The summed E-state index contributed by atoms with van der Waals surface area (Å²) in [6.45, 7) is 2.52. The number of likely N-dealkylation sites (N-methyl/N-ethyl adjacent to an activating group) is 2. The molecule has 0 saturated heterocycles. The van der Waals surface area contributed by atoms with E-state index in [9.17, 15) is 9.59 Å². The number of anilines is 1. The second-order valence-electron chi connectivity index (χ2n) is 6.65. The van der Waals surface area contributed by atoms with Crippen molar-refractivity contribution in [3.63, 3.8) is 0 Å². The number of carbonyl (C=O) groups is 2. The fraction of sp³-hybridized carbons (Fsp3) is 0.333. The number of quaternary nitrogens is 1. The first-order chi connectivity index (χ1) is 12.9. The number of para-hydroxylation sites is 1. The molecule has 2 amide bonds. The number of rotatable bonds is 8. The van der Waals surface area contributed by atoms with Gasteiger partial charge < -0.3 is 15.1 Å². The number of nitrogens with one attached hydrogen (secondary N) is 2. The smallest absolute Gasteiger partial charge is 0.279 e. The molecule has 0 aliphatic heterocycles. The largest absolute Gasteiger partial charge is 0.334 e. The van der Waals surface area contributed by atoms with Crippen LogP contribution in [0.25, 0.3) is 0 Å². The molecule has 6 heteroatoms. The van der Waals surface area contributed by atoms with Crippen LogP contribution in [0.3, 0.4) is 0 Å². The number of hydrogen-bond donors (Lipinski definition) is 2. The zero-order valence-electron chi connectivity index (χ0n) is 16.4. The molecular weight excluding hydrogens is 358 g/mol. The molecule has 144 valence electrons. The van der Waals surface area contributed by atoms with Crippen molar-refractivity contribution in [3.8, 4) is 0 Å². The fourth-order valence-corrected chi connectivity index (χ4v) is 3.39. The highest BCUT2D eigenvalue weighted by Crippen LogP contribution is 2.24. The monoisotopic (exact) mass is 386 g/mol.